The van der Waals surface area contributed by atoms with Crippen LogP contribution < -0.4 is 15.4 Å². The van der Waals surface area contributed by atoms with Gasteiger partial charge in [0, 0.05) is 54.6 Å². The maximum absolute atomic E-state index is 5.93. The van der Waals surface area contributed by atoms with Crippen LogP contribution in [0.2, 0.25) is 0 Å². The van der Waals surface area contributed by atoms with Gasteiger partial charge >= 0.3 is 0 Å². The van der Waals surface area contributed by atoms with Crippen LogP contribution in [-0.2, 0) is 10.2 Å². The first kappa shape index (κ1) is 25.6. The van der Waals surface area contributed by atoms with Gasteiger partial charge in [0.1, 0.15) is 17.2 Å². The van der Waals surface area contributed by atoms with Crippen molar-refractivity contribution in [2.24, 2.45) is 0 Å². The minimum atomic E-state index is -0.0683. The SMILES string of the molecule is CC(C)(C)c1cc(NCNc2ccc(-c3cn4c(n3)sc3nc(OCCN5CCOCC5)ccc34)cc2)no1. The number of ether oxygens (including phenoxy) is 2. The van der Waals surface area contributed by atoms with Gasteiger partial charge in [0.05, 0.1) is 31.1 Å². The number of nitrogens with one attached hydrogen (secondary N) is 2. The molecule has 6 rings (SSSR count). The average Bonchev–Trinajstić information content (AvgIpc) is 3.65. The lowest BCUT2D eigenvalue weighted by Gasteiger charge is -2.26. The molecule has 1 aliphatic heterocycles. The van der Waals surface area contributed by atoms with Gasteiger partial charge in [-0.3, -0.25) is 9.30 Å². The first-order valence-corrected chi connectivity index (χ1v) is 14.0. The zero-order chi connectivity index (χ0) is 26.8. The first-order valence-electron chi connectivity index (χ1n) is 13.2. The predicted octanol–water partition coefficient (Wildman–Crippen LogP) is 5.09. The van der Waals surface area contributed by atoms with Crippen molar-refractivity contribution in [2.75, 3.05) is 56.8 Å². The van der Waals surface area contributed by atoms with Crippen molar-refractivity contribution < 1.29 is 14.0 Å². The molecule has 5 heterocycles. The molecule has 0 atom stereocenters. The van der Waals surface area contributed by atoms with E-state index < -0.39 is 0 Å². The van der Waals surface area contributed by atoms with Crippen LogP contribution in [0.3, 0.4) is 0 Å². The Morgan fingerprint density at radius 1 is 1.03 bits per heavy atom. The van der Waals surface area contributed by atoms with Crippen LogP contribution in [0.15, 0.2) is 53.2 Å². The molecule has 2 N–H and O–H groups in total. The van der Waals surface area contributed by atoms with E-state index in [4.69, 9.17) is 24.0 Å². The fourth-order valence-electron chi connectivity index (χ4n) is 4.40. The van der Waals surface area contributed by atoms with Crippen molar-refractivity contribution in [1.82, 2.24) is 24.4 Å². The Morgan fingerprint density at radius 3 is 2.62 bits per heavy atom. The quantitative estimate of drug-likeness (QED) is 0.244. The number of hydrogen-bond acceptors (Lipinski definition) is 10. The van der Waals surface area contributed by atoms with E-state index in [0.29, 0.717) is 19.2 Å². The van der Waals surface area contributed by atoms with E-state index in [1.165, 1.54) is 0 Å². The second-order valence-corrected chi connectivity index (χ2v) is 11.5. The Bertz CT molecular complexity index is 1550. The van der Waals surface area contributed by atoms with Crippen molar-refractivity contribution in [3.8, 4) is 17.1 Å². The molecule has 204 valence electrons. The minimum absolute atomic E-state index is 0.0683. The molecule has 0 spiro atoms. The van der Waals surface area contributed by atoms with Crippen molar-refractivity contribution in [3.63, 3.8) is 0 Å². The normalized spacial score (nSPS) is 14.7. The number of fused-ring (bicyclic) bond motifs is 3. The number of nitrogens with zero attached hydrogens (tertiary/aromatic N) is 5. The zero-order valence-electron chi connectivity index (χ0n) is 22.4. The number of benzene rings is 1. The molecule has 4 aromatic heterocycles. The van der Waals surface area contributed by atoms with Gasteiger partial charge in [-0.2, -0.15) is 0 Å². The van der Waals surface area contributed by atoms with Gasteiger partial charge in [-0.05, 0) is 18.2 Å². The summed E-state index contributed by atoms with van der Waals surface area (Å²) < 4.78 is 18.8. The second kappa shape index (κ2) is 10.8. The smallest absolute Gasteiger partial charge is 0.214 e. The molecular formula is C28H33N7O3S. The lowest BCUT2D eigenvalue weighted by molar-refractivity contribution is 0.0320. The van der Waals surface area contributed by atoms with E-state index in [-0.39, 0.29) is 5.41 Å². The molecule has 0 radical (unpaired) electrons. The number of anilines is 2. The zero-order valence-corrected chi connectivity index (χ0v) is 23.3. The Balaban J connectivity index is 1.06. The monoisotopic (exact) mass is 547 g/mol. The molecule has 5 aromatic rings. The average molecular weight is 548 g/mol. The molecule has 0 bridgehead atoms. The summed E-state index contributed by atoms with van der Waals surface area (Å²) in [5.41, 5.74) is 3.95. The molecular weight excluding hydrogens is 514 g/mol. The first-order chi connectivity index (χ1) is 18.9. The summed E-state index contributed by atoms with van der Waals surface area (Å²) in [7, 11) is 0. The summed E-state index contributed by atoms with van der Waals surface area (Å²) in [5.74, 6) is 2.22. The minimum Gasteiger partial charge on any atom is -0.476 e. The molecule has 0 saturated carbocycles. The lowest BCUT2D eigenvalue weighted by atomic mass is 9.93. The summed E-state index contributed by atoms with van der Waals surface area (Å²) >= 11 is 1.57. The second-order valence-electron chi connectivity index (χ2n) is 10.6. The van der Waals surface area contributed by atoms with Crippen LogP contribution in [0, 0.1) is 0 Å². The van der Waals surface area contributed by atoms with Crippen LogP contribution in [0.5, 0.6) is 5.88 Å². The molecule has 0 amide bonds. The van der Waals surface area contributed by atoms with Crippen molar-refractivity contribution in [3.05, 3.63) is 54.4 Å². The molecule has 1 saturated heterocycles. The highest BCUT2D eigenvalue weighted by atomic mass is 32.1. The Hall–Kier alpha value is -3.67. The molecule has 0 aliphatic carbocycles. The molecule has 0 unspecified atom stereocenters. The van der Waals surface area contributed by atoms with Crippen molar-refractivity contribution >= 4 is 38.2 Å². The molecule has 11 heteroatoms. The molecule has 10 nitrogen and oxygen atoms in total. The lowest BCUT2D eigenvalue weighted by Crippen LogP contribution is -2.38. The van der Waals surface area contributed by atoms with Gasteiger partial charge in [0.15, 0.2) is 10.8 Å². The van der Waals surface area contributed by atoms with Crippen LogP contribution in [0.1, 0.15) is 26.5 Å². The number of thiazole rings is 1. The van der Waals surface area contributed by atoms with E-state index in [1.807, 2.05) is 24.3 Å². The topological polar surface area (TPSA) is 102 Å². The van der Waals surface area contributed by atoms with Gasteiger partial charge in [0.25, 0.3) is 0 Å². The third kappa shape index (κ3) is 5.85. The number of imidazole rings is 1. The number of rotatable bonds is 9. The molecule has 39 heavy (non-hydrogen) atoms. The standard InChI is InChI=1S/C28H33N7O3S/c1-28(2,3)23-16-24(33-38-23)30-18-29-20-6-4-19(5-7-20)21-17-35-22-8-9-25(32-26(22)39-27(35)31-21)37-15-12-34-10-13-36-14-11-34/h4-9,16-17,29H,10-15,18H2,1-3H3,(H,30,33). The highest BCUT2D eigenvalue weighted by molar-refractivity contribution is 7.23. The molecule has 1 aromatic carbocycles. The van der Waals surface area contributed by atoms with Gasteiger partial charge in [-0.25, -0.2) is 9.97 Å². The largest absolute Gasteiger partial charge is 0.476 e. The summed E-state index contributed by atoms with van der Waals surface area (Å²) in [4.78, 5) is 13.7. The van der Waals surface area contributed by atoms with Gasteiger partial charge in [0.2, 0.25) is 5.88 Å². The predicted molar refractivity (Wildman–Crippen MR) is 154 cm³/mol. The highest BCUT2D eigenvalue weighted by Crippen LogP contribution is 2.30. The number of morpholine rings is 1. The third-order valence-electron chi connectivity index (χ3n) is 6.69. The fourth-order valence-corrected chi connectivity index (χ4v) is 5.37. The Morgan fingerprint density at radius 2 is 1.85 bits per heavy atom. The third-order valence-corrected chi connectivity index (χ3v) is 7.65. The van der Waals surface area contributed by atoms with E-state index in [2.05, 4.69) is 70.3 Å². The fraction of sp³-hybridized carbons (Fsp3) is 0.393. The number of hydrogen-bond donors (Lipinski definition) is 2. The molecule has 1 aliphatic rings. The van der Waals surface area contributed by atoms with Gasteiger partial charge < -0.3 is 24.6 Å². The summed E-state index contributed by atoms with van der Waals surface area (Å²) in [6.07, 6.45) is 2.07. The Kier molecular flexibility index (Phi) is 7.11. The molecule has 1 fully saturated rings. The van der Waals surface area contributed by atoms with Crippen LogP contribution in [-0.4, -0.2) is 70.5 Å². The van der Waals surface area contributed by atoms with Crippen molar-refractivity contribution in [2.45, 2.75) is 26.2 Å². The number of aromatic nitrogens is 4. The summed E-state index contributed by atoms with van der Waals surface area (Å²) in [6, 6.07) is 14.2. The van der Waals surface area contributed by atoms with E-state index >= 15 is 0 Å². The van der Waals surface area contributed by atoms with E-state index in [0.717, 1.165) is 76.7 Å². The summed E-state index contributed by atoms with van der Waals surface area (Å²) in [6.45, 7) is 11.8. The highest BCUT2D eigenvalue weighted by Gasteiger charge is 2.19. The maximum atomic E-state index is 5.93. The van der Waals surface area contributed by atoms with Crippen LogP contribution in [0.4, 0.5) is 11.5 Å². The van der Waals surface area contributed by atoms with Crippen LogP contribution in [0.25, 0.3) is 26.6 Å². The van der Waals surface area contributed by atoms with Gasteiger partial charge in [-0.1, -0.05) is 49.4 Å². The van der Waals surface area contributed by atoms with Gasteiger partial charge in [-0.15, -0.1) is 0 Å². The summed E-state index contributed by atoms with van der Waals surface area (Å²) in [5, 5.41) is 10.7. The van der Waals surface area contributed by atoms with E-state index in [9.17, 15) is 0 Å². The maximum Gasteiger partial charge on any atom is 0.214 e. The Labute approximate surface area is 230 Å². The van der Waals surface area contributed by atoms with E-state index in [1.54, 1.807) is 11.3 Å². The number of pyridine rings is 1. The van der Waals surface area contributed by atoms with Crippen LogP contribution >= 0.6 is 11.3 Å². The van der Waals surface area contributed by atoms with Crippen molar-refractivity contribution in [1.29, 1.82) is 0 Å².